The summed E-state index contributed by atoms with van der Waals surface area (Å²) in [6.07, 6.45) is 6.83. The maximum absolute atomic E-state index is 5.74. The summed E-state index contributed by atoms with van der Waals surface area (Å²) in [5, 5.41) is 6.62. The molecule has 0 spiro atoms. The minimum absolute atomic E-state index is 0.298. The van der Waals surface area contributed by atoms with Gasteiger partial charge < -0.3 is 19.9 Å². The van der Waals surface area contributed by atoms with Crippen LogP contribution in [0.4, 0.5) is 0 Å². The Morgan fingerprint density at radius 2 is 2.10 bits per heavy atom. The standard InChI is InChI=1S/C15H29N5O/c1-5-21-14(13(2)3)6-7-18-15(16-4)19-9-11-20-10-8-17-12-20/h8,10,12-14H,5-7,9,11H2,1-4H3,(H2,16,18,19). The van der Waals surface area contributed by atoms with Crippen molar-refractivity contribution in [3.8, 4) is 0 Å². The first-order valence-electron chi connectivity index (χ1n) is 7.69. The molecule has 0 fully saturated rings. The number of rotatable bonds is 9. The van der Waals surface area contributed by atoms with Crippen LogP contribution in [0.2, 0.25) is 0 Å². The maximum atomic E-state index is 5.74. The Morgan fingerprint density at radius 1 is 1.33 bits per heavy atom. The highest BCUT2D eigenvalue weighted by Gasteiger charge is 2.12. The van der Waals surface area contributed by atoms with Crippen molar-refractivity contribution in [2.45, 2.75) is 39.8 Å². The largest absolute Gasteiger partial charge is 0.378 e. The highest BCUT2D eigenvalue weighted by molar-refractivity contribution is 5.79. The number of imidazole rings is 1. The lowest BCUT2D eigenvalue weighted by Gasteiger charge is -2.21. The summed E-state index contributed by atoms with van der Waals surface area (Å²) >= 11 is 0. The Morgan fingerprint density at radius 3 is 2.67 bits per heavy atom. The number of aliphatic imine (C=N–C) groups is 1. The monoisotopic (exact) mass is 295 g/mol. The minimum Gasteiger partial charge on any atom is -0.378 e. The SMILES string of the molecule is CCOC(CCNC(=NC)NCCn1ccnc1)C(C)C. The zero-order valence-electron chi connectivity index (χ0n) is 13.7. The van der Waals surface area contributed by atoms with Crippen LogP contribution in [0.5, 0.6) is 0 Å². The zero-order chi connectivity index (χ0) is 15.5. The lowest BCUT2D eigenvalue weighted by Crippen LogP contribution is -2.40. The molecule has 21 heavy (non-hydrogen) atoms. The van der Waals surface area contributed by atoms with Crippen LogP contribution >= 0.6 is 0 Å². The first-order chi connectivity index (χ1) is 10.2. The molecule has 1 aromatic rings. The van der Waals surface area contributed by atoms with Gasteiger partial charge in [-0.3, -0.25) is 4.99 Å². The third kappa shape index (κ3) is 7.13. The number of guanidine groups is 1. The van der Waals surface area contributed by atoms with Crippen LogP contribution < -0.4 is 10.6 Å². The van der Waals surface area contributed by atoms with E-state index in [1.165, 1.54) is 0 Å². The zero-order valence-corrected chi connectivity index (χ0v) is 13.7. The molecule has 2 N–H and O–H groups in total. The summed E-state index contributed by atoms with van der Waals surface area (Å²) < 4.78 is 7.77. The third-order valence-electron chi connectivity index (χ3n) is 3.29. The summed E-state index contributed by atoms with van der Waals surface area (Å²) in [6, 6.07) is 0. The van der Waals surface area contributed by atoms with Gasteiger partial charge in [0.05, 0.1) is 12.4 Å². The van der Waals surface area contributed by atoms with E-state index in [-0.39, 0.29) is 0 Å². The van der Waals surface area contributed by atoms with Gasteiger partial charge in [0, 0.05) is 45.7 Å². The lowest BCUT2D eigenvalue weighted by molar-refractivity contribution is 0.0258. The van der Waals surface area contributed by atoms with E-state index in [0.717, 1.165) is 38.6 Å². The van der Waals surface area contributed by atoms with Crippen LogP contribution in [0.25, 0.3) is 0 Å². The molecular formula is C15H29N5O. The van der Waals surface area contributed by atoms with Crippen LogP contribution in [0.1, 0.15) is 27.2 Å². The first-order valence-corrected chi connectivity index (χ1v) is 7.69. The van der Waals surface area contributed by atoms with Gasteiger partial charge in [-0.05, 0) is 19.3 Å². The summed E-state index contributed by atoms with van der Waals surface area (Å²) in [7, 11) is 1.79. The van der Waals surface area contributed by atoms with Gasteiger partial charge in [-0.25, -0.2) is 4.98 Å². The van der Waals surface area contributed by atoms with Gasteiger partial charge in [0.15, 0.2) is 5.96 Å². The van der Waals surface area contributed by atoms with Crippen molar-refractivity contribution < 1.29 is 4.74 Å². The topological polar surface area (TPSA) is 63.5 Å². The fourth-order valence-corrected chi connectivity index (χ4v) is 2.10. The summed E-state index contributed by atoms with van der Waals surface area (Å²) in [5.74, 6) is 1.36. The van der Waals surface area contributed by atoms with Gasteiger partial charge in [0.25, 0.3) is 0 Å². The highest BCUT2D eigenvalue weighted by atomic mass is 16.5. The number of ether oxygens (including phenoxy) is 1. The Labute approximate surface area is 128 Å². The molecule has 0 radical (unpaired) electrons. The summed E-state index contributed by atoms with van der Waals surface area (Å²) in [4.78, 5) is 8.24. The molecule has 0 saturated carbocycles. The van der Waals surface area contributed by atoms with Gasteiger partial charge in [0.2, 0.25) is 0 Å². The molecular weight excluding hydrogens is 266 g/mol. The van der Waals surface area contributed by atoms with Gasteiger partial charge in [-0.15, -0.1) is 0 Å². The van der Waals surface area contributed by atoms with Crippen molar-refractivity contribution in [1.82, 2.24) is 20.2 Å². The number of nitrogens with one attached hydrogen (secondary N) is 2. The number of nitrogens with zero attached hydrogens (tertiary/aromatic N) is 3. The molecule has 0 aromatic carbocycles. The van der Waals surface area contributed by atoms with E-state index in [2.05, 4.69) is 34.5 Å². The molecule has 0 aliphatic rings. The average Bonchev–Trinajstić information content (AvgIpc) is 2.97. The Bertz CT molecular complexity index is 389. The van der Waals surface area contributed by atoms with Crippen LogP contribution in [0.15, 0.2) is 23.7 Å². The van der Waals surface area contributed by atoms with Crippen molar-refractivity contribution in [1.29, 1.82) is 0 Å². The number of aromatic nitrogens is 2. The normalized spacial score (nSPS) is 13.5. The second kappa shape index (κ2) is 10.2. The van der Waals surface area contributed by atoms with E-state index in [0.29, 0.717) is 12.0 Å². The van der Waals surface area contributed by atoms with Crippen LogP contribution in [0.3, 0.4) is 0 Å². The molecule has 120 valence electrons. The van der Waals surface area contributed by atoms with E-state index in [4.69, 9.17) is 4.74 Å². The van der Waals surface area contributed by atoms with Crippen molar-refractivity contribution in [3.63, 3.8) is 0 Å². The van der Waals surface area contributed by atoms with E-state index in [1.807, 2.05) is 24.0 Å². The number of hydrogen-bond donors (Lipinski definition) is 2. The number of hydrogen-bond acceptors (Lipinski definition) is 3. The second-order valence-corrected chi connectivity index (χ2v) is 5.25. The van der Waals surface area contributed by atoms with E-state index < -0.39 is 0 Å². The summed E-state index contributed by atoms with van der Waals surface area (Å²) in [6.45, 7) is 9.73. The third-order valence-corrected chi connectivity index (χ3v) is 3.29. The molecule has 1 heterocycles. The van der Waals surface area contributed by atoms with Crippen molar-refractivity contribution in [2.24, 2.45) is 10.9 Å². The lowest BCUT2D eigenvalue weighted by atomic mass is 10.0. The van der Waals surface area contributed by atoms with E-state index >= 15 is 0 Å². The average molecular weight is 295 g/mol. The van der Waals surface area contributed by atoms with Crippen LogP contribution in [-0.4, -0.2) is 48.4 Å². The van der Waals surface area contributed by atoms with Gasteiger partial charge >= 0.3 is 0 Å². The Hall–Kier alpha value is -1.56. The van der Waals surface area contributed by atoms with Gasteiger partial charge in [-0.1, -0.05) is 13.8 Å². The predicted molar refractivity (Wildman–Crippen MR) is 86.5 cm³/mol. The fraction of sp³-hybridized carbons (Fsp3) is 0.733. The van der Waals surface area contributed by atoms with Crippen molar-refractivity contribution in [2.75, 3.05) is 26.7 Å². The molecule has 0 aliphatic carbocycles. The Balaban J connectivity index is 2.21. The molecule has 6 heteroatoms. The smallest absolute Gasteiger partial charge is 0.191 e. The molecule has 0 aliphatic heterocycles. The highest BCUT2D eigenvalue weighted by Crippen LogP contribution is 2.09. The van der Waals surface area contributed by atoms with E-state index in [9.17, 15) is 0 Å². The molecule has 1 unspecified atom stereocenters. The van der Waals surface area contributed by atoms with Crippen LogP contribution in [-0.2, 0) is 11.3 Å². The molecule has 6 nitrogen and oxygen atoms in total. The quantitative estimate of drug-likeness (QED) is 0.535. The molecule has 1 aromatic heterocycles. The van der Waals surface area contributed by atoms with E-state index in [1.54, 1.807) is 13.2 Å². The fourth-order valence-electron chi connectivity index (χ4n) is 2.10. The van der Waals surface area contributed by atoms with Gasteiger partial charge in [-0.2, -0.15) is 0 Å². The Kier molecular flexibility index (Phi) is 8.50. The second-order valence-electron chi connectivity index (χ2n) is 5.25. The molecule has 0 bridgehead atoms. The summed E-state index contributed by atoms with van der Waals surface area (Å²) in [5.41, 5.74) is 0. The molecule has 1 atom stereocenters. The van der Waals surface area contributed by atoms with Crippen LogP contribution in [0, 0.1) is 5.92 Å². The molecule has 0 saturated heterocycles. The minimum atomic E-state index is 0.298. The van der Waals surface area contributed by atoms with Crippen molar-refractivity contribution in [3.05, 3.63) is 18.7 Å². The van der Waals surface area contributed by atoms with Gasteiger partial charge in [0.1, 0.15) is 0 Å². The molecule has 0 amide bonds. The maximum Gasteiger partial charge on any atom is 0.191 e. The van der Waals surface area contributed by atoms with Crippen molar-refractivity contribution >= 4 is 5.96 Å². The first kappa shape index (κ1) is 17.5. The molecule has 1 rings (SSSR count). The predicted octanol–water partition coefficient (Wildman–Crippen LogP) is 1.50.